The number of carboxylic acid groups (broad SMARTS) is 1. The van der Waals surface area contributed by atoms with Gasteiger partial charge in [-0.15, -0.1) is 5.10 Å². The zero-order valence-corrected chi connectivity index (χ0v) is 19.1. The molecule has 2 aliphatic rings. The molecule has 2 aromatic heterocycles. The number of carbonyl (C=O) groups is 1. The number of fused-ring (bicyclic) bond motifs is 1. The maximum atomic E-state index is 14.4. The van der Waals surface area contributed by atoms with Gasteiger partial charge in [-0.1, -0.05) is 6.08 Å². The minimum atomic E-state index is -1.78. The van der Waals surface area contributed by atoms with Crippen molar-refractivity contribution in [1.29, 1.82) is 5.26 Å². The number of nitriles is 1. The molecule has 37 heavy (non-hydrogen) atoms. The number of hydrogen-bond acceptors (Lipinski definition) is 8. The molecule has 1 aliphatic heterocycles. The first kappa shape index (κ1) is 23.9. The average molecular weight is 507 g/mol. The highest BCUT2D eigenvalue weighted by Gasteiger charge is 2.46. The Balaban J connectivity index is 1.59. The third kappa shape index (κ3) is 3.83. The average Bonchev–Trinajstić information content (AvgIpc) is 3.48. The van der Waals surface area contributed by atoms with Gasteiger partial charge in [-0.2, -0.15) is 5.26 Å². The Kier molecular flexibility index (Phi) is 5.59. The van der Waals surface area contributed by atoms with Crippen molar-refractivity contribution in [1.82, 2.24) is 14.6 Å². The van der Waals surface area contributed by atoms with Gasteiger partial charge < -0.3 is 15.7 Å². The van der Waals surface area contributed by atoms with Crippen LogP contribution in [0.1, 0.15) is 24.1 Å². The van der Waals surface area contributed by atoms with Crippen LogP contribution in [0, 0.1) is 39.0 Å². The summed E-state index contributed by atoms with van der Waals surface area (Å²) in [5.74, 6) is -3.11. The SMILES string of the molecule is N#Cc1c(N)nn2cnc(C3(C(=O)O)C=C(C4CCN(c5cc(F)ccc5F)C4)C([N+](=O)[O-])=CC3)cc12. The van der Waals surface area contributed by atoms with Crippen molar-refractivity contribution in [3.05, 3.63) is 87.0 Å². The molecule has 3 aromatic rings. The van der Waals surface area contributed by atoms with Crippen LogP contribution in [0.5, 0.6) is 0 Å². The molecule has 0 bridgehead atoms. The Morgan fingerprint density at radius 1 is 1.35 bits per heavy atom. The Hall–Kier alpha value is -4.86. The summed E-state index contributed by atoms with van der Waals surface area (Å²) < 4.78 is 29.4. The summed E-state index contributed by atoms with van der Waals surface area (Å²) >= 11 is 0. The predicted octanol–water partition coefficient (Wildman–Crippen LogP) is 2.80. The number of carboxylic acids is 1. The summed E-state index contributed by atoms with van der Waals surface area (Å²) in [6.07, 6.45) is 3.90. The summed E-state index contributed by atoms with van der Waals surface area (Å²) in [6.45, 7) is 0.412. The van der Waals surface area contributed by atoms with Gasteiger partial charge in [0.15, 0.2) is 5.82 Å². The number of nitro groups is 1. The summed E-state index contributed by atoms with van der Waals surface area (Å²) in [7, 11) is 0. The van der Waals surface area contributed by atoms with Gasteiger partial charge in [-0.05, 0) is 37.1 Å². The first-order valence-corrected chi connectivity index (χ1v) is 11.2. The van der Waals surface area contributed by atoms with Crippen LogP contribution < -0.4 is 10.6 Å². The van der Waals surface area contributed by atoms with Gasteiger partial charge in [0.25, 0.3) is 5.70 Å². The second kappa shape index (κ2) is 8.66. The largest absolute Gasteiger partial charge is 0.480 e. The predicted molar refractivity (Wildman–Crippen MR) is 126 cm³/mol. The lowest BCUT2D eigenvalue weighted by Crippen LogP contribution is -2.38. The number of allylic oxidation sites excluding steroid dienone is 2. The standard InChI is InChI=1S/C24H19F2N7O4/c25-14-1-2-17(26)20(7-14)31-6-4-13(11-31)15-9-24(23(34)35,5-3-18(15)33(36)37)21-8-19-16(10-27)22(28)30-32(19)12-29-21/h1-3,7-9,12-13H,4-6,11H2,(H2,28,30)(H,34,35). The van der Waals surface area contributed by atoms with Gasteiger partial charge in [0, 0.05) is 30.6 Å². The van der Waals surface area contributed by atoms with Crippen LogP contribution in [-0.2, 0) is 10.2 Å². The van der Waals surface area contributed by atoms with Crippen molar-refractivity contribution in [3.63, 3.8) is 0 Å². The highest BCUT2D eigenvalue weighted by atomic mass is 19.1. The molecule has 3 heterocycles. The molecule has 188 valence electrons. The molecule has 1 aromatic carbocycles. The third-order valence-electron chi connectivity index (χ3n) is 6.89. The van der Waals surface area contributed by atoms with Crippen LogP contribution in [-0.4, -0.2) is 43.7 Å². The topological polar surface area (TPSA) is 164 Å². The zero-order valence-electron chi connectivity index (χ0n) is 19.1. The molecule has 0 radical (unpaired) electrons. The van der Waals surface area contributed by atoms with Crippen LogP contribution in [0.2, 0.25) is 0 Å². The minimum Gasteiger partial charge on any atom is -0.480 e. The summed E-state index contributed by atoms with van der Waals surface area (Å²) in [5.41, 5.74) is 4.31. The van der Waals surface area contributed by atoms with Crippen LogP contribution in [0.4, 0.5) is 20.3 Å². The van der Waals surface area contributed by atoms with Crippen molar-refractivity contribution < 1.29 is 23.6 Å². The number of halogens is 2. The number of nitrogen functional groups attached to an aromatic ring is 1. The van der Waals surface area contributed by atoms with Gasteiger partial charge in [-0.3, -0.25) is 14.9 Å². The number of benzene rings is 1. The van der Waals surface area contributed by atoms with Crippen LogP contribution in [0.15, 0.2) is 54.0 Å². The van der Waals surface area contributed by atoms with Gasteiger partial charge in [-0.25, -0.2) is 18.3 Å². The van der Waals surface area contributed by atoms with E-state index in [2.05, 4.69) is 10.1 Å². The summed E-state index contributed by atoms with van der Waals surface area (Å²) in [4.78, 5) is 29.8. The van der Waals surface area contributed by atoms with E-state index in [9.17, 15) is 34.1 Å². The monoisotopic (exact) mass is 507 g/mol. The number of aromatic nitrogens is 3. The second-order valence-corrected chi connectivity index (χ2v) is 8.93. The zero-order chi connectivity index (χ0) is 26.5. The van der Waals surface area contributed by atoms with Gasteiger partial charge in [0.05, 0.1) is 21.8 Å². The first-order valence-electron chi connectivity index (χ1n) is 11.2. The summed E-state index contributed by atoms with van der Waals surface area (Å²) in [6, 6.07) is 6.39. The van der Waals surface area contributed by atoms with Crippen molar-refractivity contribution in [2.24, 2.45) is 5.92 Å². The van der Waals surface area contributed by atoms with Crippen molar-refractivity contribution in [2.75, 3.05) is 23.7 Å². The van der Waals surface area contributed by atoms with E-state index in [0.717, 1.165) is 18.2 Å². The maximum absolute atomic E-state index is 14.4. The minimum absolute atomic E-state index is 0.0320. The lowest BCUT2D eigenvalue weighted by molar-refractivity contribution is -0.422. The van der Waals surface area contributed by atoms with Crippen molar-refractivity contribution in [3.8, 4) is 6.07 Å². The molecule has 2 atom stereocenters. The number of aliphatic carboxylic acids is 1. The molecule has 13 heteroatoms. The van der Waals surface area contributed by atoms with E-state index >= 15 is 0 Å². The van der Waals surface area contributed by atoms with Crippen molar-refractivity contribution in [2.45, 2.75) is 18.3 Å². The van der Waals surface area contributed by atoms with E-state index in [0.29, 0.717) is 6.42 Å². The normalized spacial score (nSPS) is 21.4. The fraction of sp³-hybridized carbons (Fsp3) is 0.250. The van der Waals surface area contributed by atoms with E-state index in [4.69, 9.17) is 5.73 Å². The number of nitrogens with two attached hydrogens (primary N) is 1. The maximum Gasteiger partial charge on any atom is 0.320 e. The fourth-order valence-corrected chi connectivity index (χ4v) is 5.01. The lowest BCUT2D eigenvalue weighted by Gasteiger charge is -2.30. The molecule has 3 N–H and O–H groups in total. The Bertz CT molecular complexity index is 1580. The first-order chi connectivity index (χ1) is 17.6. The number of rotatable bonds is 5. The highest BCUT2D eigenvalue weighted by Crippen LogP contribution is 2.42. The molecule has 1 saturated heterocycles. The molecule has 5 rings (SSSR count). The molecule has 11 nitrogen and oxygen atoms in total. The van der Waals surface area contributed by atoms with E-state index < -0.39 is 33.9 Å². The Labute approximate surface area is 207 Å². The number of anilines is 2. The molecule has 1 aliphatic carbocycles. The van der Waals surface area contributed by atoms with Crippen LogP contribution in [0.3, 0.4) is 0 Å². The smallest absolute Gasteiger partial charge is 0.320 e. The van der Waals surface area contributed by atoms with Crippen LogP contribution >= 0.6 is 0 Å². The highest BCUT2D eigenvalue weighted by molar-refractivity contribution is 5.86. The molecule has 0 spiro atoms. The fourth-order valence-electron chi connectivity index (χ4n) is 5.01. The molecular weight excluding hydrogens is 488 g/mol. The Morgan fingerprint density at radius 3 is 2.84 bits per heavy atom. The summed E-state index contributed by atoms with van der Waals surface area (Å²) in [5, 5.41) is 35.7. The Morgan fingerprint density at radius 2 is 2.14 bits per heavy atom. The number of hydrogen-bond donors (Lipinski definition) is 2. The van der Waals surface area contributed by atoms with Crippen LogP contribution in [0.25, 0.3) is 5.52 Å². The van der Waals surface area contributed by atoms with E-state index in [1.165, 1.54) is 29.1 Å². The molecule has 2 unspecified atom stereocenters. The quantitative estimate of drug-likeness (QED) is 0.390. The molecular formula is C24H19F2N7O4. The van der Waals surface area contributed by atoms with E-state index in [1.54, 1.807) is 4.90 Å². The van der Waals surface area contributed by atoms with Crippen molar-refractivity contribution >= 4 is 23.0 Å². The third-order valence-corrected chi connectivity index (χ3v) is 6.89. The molecule has 0 amide bonds. The van der Waals surface area contributed by atoms with E-state index in [1.807, 2.05) is 6.07 Å². The van der Waals surface area contributed by atoms with E-state index in [-0.39, 0.29) is 59.1 Å². The molecule has 1 fully saturated rings. The lowest BCUT2D eigenvalue weighted by atomic mass is 9.73. The molecule has 0 saturated carbocycles. The second-order valence-electron chi connectivity index (χ2n) is 8.93. The van der Waals surface area contributed by atoms with Gasteiger partial charge in [0.2, 0.25) is 0 Å². The van der Waals surface area contributed by atoms with Gasteiger partial charge in [0.1, 0.15) is 35.0 Å². The number of nitrogens with zero attached hydrogens (tertiary/aromatic N) is 6. The van der Waals surface area contributed by atoms with Gasteiger partial charge >= 0.3 is 5.97 Å².